The number of aryl methyl sites for hydroxylation is 1. The summed E-state index contributed by atoms with van der Waals surface area (Å²) in [5, 5.41) is 16.4. The Morgan fingerprint density at radius 3 is 2.68 bits per heavy atom. The molecule has 0 atom stereocenters. The molecule has 1 fully saturated rings. The highest BCUT2D eigenvalue weighted by atomic mass is 32.1. The van der Waals surface area contributed by atoms with Crippen molar-refractivity contribution in [3.8, 4) is 10.6 Å². The number of rotatable bonds is 5. The van der Waals surface area contributed by atoms with Crippen molar-refractivity contribution < 1.29 is 9.32 Å². The van der Waals surface area contributed by atoms with E-state index in [4.69, 9.17) is 4.52 Å². The van der Waals surface area contributed by atoms with Crippen LogP contribution in [-0.2, 0) is 13.0 Å². The molecule has 0 radical (unpaired) electrons. The Bertz CT molecular complexity index is 919. The van der Waals surface area contributed by atoms with E-state index in [0.29, 0.717) is 36.5 Å². The quantitative estimate of drug-likeness (QED) is 0.703. The summed E-state index contributed by atoms with van der Waals surface area (Å²) in [6.07, 6.45) is 0.735. The Labute approximate surface area is 166 Å². The van der Waals surface area contributed by atoms with Gasteiger partial charge in [0.15, 0.2) is 5.82 Å². The fraction of sp³-hybridized carbons (Fsp3) is 0.389. The van der Waals surface area contributed by atoms with Crippen molar-refractivity contribution in [3.05, 3.63) is 42.0 Å². The second kappa shape index (κ2) is 8.44. The van der Waals surface area contributed by atoms with Gasteiger partial charge in [-0.2, -0.15) is 4.98 Å². The summed E-state index contributed by atoms with van der Waals surface area (Å²) in [6.45, 7) is 5.40. The van der Waals surface area contributed by atoms with Gasteiger partial charge in [0.05, 0.1) is 6.54 Å². The molecule has 0 spiro atoms. The van der Waals surface area contributed by atoms with Crippen molar-refractivity contribution in [3.63, 3.8) is 0 Å². The average molecular weight is 399 g/mol. The summed E-state index contributed by atoms with van der Waals surface area (Å²) in [4.78, 5) is 20.9. The number of hydrogen-bond acceptors (Lipinski definition) is 8. The number of anilines is 1. The molecule has 1 aromatic carbocycles. The third-order valence-corrected chi connectivity index (χ3v) is 5.38. The third-order valence-electron chi connectivity index (χ3n) is 4.50. The van der Waals surface area contributed by atoms with E-state index in [2.05, 4.69) is 30.6 Å². The maximum atomic E-state index is 12.5. The highest BCUT2D eigenvalue weighted by Gasteiger charge is 2.23. The molecule has 9 nitrogen and oxygen atoms in total. The molecule has 3 heterocycles. The predicted octanol–water partition coefficient (Wildman–Crippen LogP) is 2.50. The lowest BCUT2D eigenvalue weighted by atomic mass is 10.2. The lowest BCUT2D eigenvalue weighted by Gasteiger charge is -2.33. The van der Waals surface area contributed by atoms with Crippen LogP contribution in [0.4, 0.5) is 9.93 Å². The number of urea groups is 1. The molecule has 146 valence electrons. The molecule has 3 aromatic rings. The van der Waals surface area contributed by atoms with Crippen molar-refractivity contribution in [2.24, 2.45) is 0 Å². The Balaban J connectivity index is 1.28. The van der Waals surface area contributed by atoms with E-state index in [0.717, 1.165) is 30.1 Å². The minimum absolute atomic E-state index is 0.150. The monoisotopic (exact) mass is 399 g/mol. The zero-order valence-corrected chi connectivity index (χ0v) is 16.4. The van der Waals surface area contributed by atoms with Gasteiger partial charge >= 0.3 is 6.03 Å². The van der Waals surface area contributed by atoms with Crippen LogP contribution in [0.15, 0.2) is 34.9 Å². The first-order valence-corrected chi connectivity index (χ1v) is 10.0. The molecule has 0 saturated carbocycles. The molecule has 1 aliphatic heterocycles. The van der Waals surface area contributed by atoms with Crippen molar-refractivity contribution in [2.75, 3.05) is 31.5 Å². The largest absolute Gasteiger partial charge is 0.339 e. The standard InChI is InChI=1S/C18H21N7O2S/c1-2-15-19-14(23-27-15)12-24-8-10-25(11-9-24)18(26)20-17-22-21-16(28-17)13-6-4-3-5-7-13/h3-7H,2,8-12H2,1H3,(H,20,22,26). The molecule has 0 bridgehead atoms. The summed E-state index contributed by atoms with van der Waals surface area (Å²) in [6, 6.07) is 9.65. The van der Waals surface area contributed by atoms with Crippen LogP contribution in [-0.4, -0.2) is 62.3 Å². The first-order valence-electron chi connectivity index (χ1n) is 9.20. The number of amides is 2. The van der Waals surface area contributed by atoms with E-state index >= 15 is 0 Å². The van der Waals surface area contributed by atoms with Crippen LogP contribution in [0.1, 0.15) is 18.6 Å². The fourth-order valence-electron chi connectivity index (χ4n) is 2.95. The van der Waals surface area contributed by atoms with Crippen LogP contribution >= 0.6 is 11.3 Å². The molecule has 2 amide bonds. The van der Waals surface area contributed by atoms with E-state index in [9.17, 15) is 4.79 Å². The molecular formula is C18H21N7O2S. The number of carbonyl (C=O) groups is 1. The SMILES string of the molecule is CCc1nc(CN2CCN(C(=O)Nc3nnc(-c4ccccc4)s3)CC2)no1. The molecule has 0 aliphatic carbocycles. The van der Waals surface area contributed by atoms with Gasteiger partial charge in [-0.05, 0) is 0 Å². The van der Waals surface area contributed by atoms with Gasteiger partial charge in [-0.3, -0.25) is 10.2 Å². The van der Waals surface area contributed by atoms with Crippen LogP contribution < -0.4 is 5.32 Å². The molecular weight excluding hydrogens is 378 g/mol. The maximum Gasteiger partial charge on any atom is 0.323 e. The van der Waals surface area contributed by atoms with Gasteiger partial charge in [0.1, 0.15) is 5.01 Å². The summed E-state index contributed by atoms with van der Waals surface area (Å²) in [5.74, 6) is 1.34. The number of carbonyl (C=O) groups excluding carboxylic acids is 1. The van der Waals surface area contributed by atoms with Crippen molar-refractivity contribution in [1.82, 2.24) is 30.1 Å². The summed E-state index contributed by atoms with van der Waals surface area (Å²) in [5.41, 5.74) is 0.988. The summed E-state index contributed by atoms with van der Waals surface area (Å²) in [7, 11) is 0. The molecule has 28 heavy (non-hydrogen) atoms. The normalized spacial score (nSPS) is 15.0. The average Bonchev–Trinajstić information content (AvgIpc) is 3.39. The second-order valence-electron chi connectivity index (χ2n) is 6.43. The van der Waals surface area contributed by atoms with Crippen molar-refractivity contribution in [1.29, 1.82) is 0 Å². The molecule has 1 N–H and O–H groups in total. The van der Waals surface area contributed by atoms with Crippen molar-refractivity contribution >= 4 is 22.5 Å². The minimum atomic E-state index is -0.150. The number of nitrogens with zero attached hydrogens (tertiary/aromatic N) is 6. The van der Waals surface area contributed by atoms with E-state index in [1.54, 1.807) is 4.90 Å². The zero-order valence-electron chi connectivity index (χ0n) is 15.5. The number of nitrogens with one attached hydrogen (secondary N) is 1. The van der Waals surface area contributed by atoms with E-state index in [1.807, 2.05) is 37.3 Å². The smallest absolute Gasteiger partial charge is 0.323 e. The topological polar surface area (TPSA) is 100 Å². The summed E-state index contributed by atoms with van der Waals surface area (Å²) >= 11 is 1.37. The van der Waals surface area contributed by atoms with Gasteiger partial charge in [-0.15, -0.1) is 10.2 Å². The van der Waals surface area contributed by atoms with Gasteiger partial charge in [-0.1, -0.05) is 53.7 Å². The van der Waals surface area contributed by atoms with Gasteiger partial charge < -0.3 is 9.42 Å². The first kappa shape index (κ1) is 18.5. The highest BCUT2D eigenvalue weighted by Crippen LogP contribution is 2.26. The van der Waals surface area contributed by atoms with E-state index in [1.165, 1.54) is 11.3 Å². The lowest BCUT2D eigenvalue weighted by Crippen LogP contribution is -2.49. The Morgan fingerprint density at radius 1 is 1.18 bits per heavy atom. The second-order valence-corrected chi connectivity index (χ2v) is 7.41. The van der Waals surface area contributed by atoms with Crippen LogP contribution in [0.25, 0.3) is 10.6 Å². The van der Waals surface area contributed by atoms with Crippen LogP contribution in [0.5, 0.6) is 0 Å². The van der Waals surface area contributed by atoms with Gasteiger partial charge in [0, 0.05) is 38.2 Å². The highest BCUT2D eigenvalue weighted by molar-refractivity contribution is 7.18. The van der Waals surface area contributed by atoms with Crippen LogP contribution in [0.3, 0.4) is 0 Å². The van der Waals surface area contributed by atoms with E-state index in [-0.39, 0.29) is 6.03 Å². The summed E-state index contributed by atoms with van der Waals surface area (Å²) < 4.78 is 5.14. The third kappa shape index (κ3) is 4.34. The molecule has 1 saturated heterocycles. The molecule has 10 heteroatoms. The molecule has 4 rings (SSSR count). The van der Waals surface area contributed by atoms with Gasteiger partial charge in [-0.25, -0.2) is 4.79 Å². The number of hydrogen-bond donors (Lipinski definition) is 1. The predicted molar refractivity (Wildman–Crippen MR) is 105 cm³/mol. The number of piperazine rings is 1. The minimum Gasteiger partial charge on any atom is -0.339 e. The van der Waals surface area contributed by atoms with Crippen molar-refractivity contribution in [2.45, 2.75) is 19.9 Å². The Morgan fingerprint density at radius 2 is 1.96 bits per heavy atom. The molecule has 2 aromatic heterocycles. The zero-order chi connectivity index (χ0) is 19.3. The fourth-order valence-corrected chi connectivity index (χ4v) is 3.69. The van der Waals surface area contributed by atoms with E-state index < -0.39 is 0 Å². The first-order chi connectivity index (χ1) is 13.7. The lowest BCUT2D eigenvalue weighted by molar-refractivity contribution is 0.140. The Hall–Kier alpha value is -2.85. The van der Waals surface area contributed by atoms with Crippen LogP contribution in [0, 0.1) is 0 Å². The van der Waals surface area contributed by atoms with Crippen LogP contribution in [0.2, 0.25) is 0 Å². The number of benzene rings is 1. The van der Waals surface area contributed by atoms with Gasteiger partial charge in [0.25, 0.3) is 0 Å². The molecule has 0 unspecified atom stereocenters. The molecule has 1 aliphatic rings. The van der Waals surface area contributed by atoms with Gasteiger partial charge in [0.2, 0.25) is 11.0 Å². The maximum absolute atomic E-state index is 12.5. The Kier molecular flexibility index (Phi) is 5.58. The number of aromatic nitrogens is 4.